The lowest BCUT2D eigenvalue weighted by Gasteiger charge is -2.27. The SMILES string of the molecule is CCC(BC(CC=O)C(=O)CNC(=O)C(C(C)C)N(C)C)CNC. The van der Waals surface area contributed by atoms with Crippen LogP contribution in [0.25, 0.3) is 0 Å². The van der Waals surface area contributed by atoms with Crippen molar-refractivity contribution in [2.75, 3.05) is 34.2 Å². The van der Waals surface area contributed by atoms with Gasteiger partial charge in [0.2, 0.25) is 5.91 Å². The fraction of sp³-hybridized carbons (Fsp3) is 0.824. The van der Waals surface area contributed by atoms with Crippen molar-refractivity contribution >= 4 is 25.3 Å². The van der Waals surface area contributed by atoms with E-state index in [4.69, 9.17) is 0 Å². The minimum Gasteiger partial charge on any atom is -0.348 e. The summed E-state index contributed by atoms with van der Waals surface area (Å²) in [4.78, 5) is 37.5. The summed E-state index contributed by atoms with van der Waals surface area (Å²) in [5.74, 6) is -0.0227. The van der Waals surface area contributed by atoms with E-state index in [2.05, 4.69) is 17.6 Å². The maximum absolute atomic E-state index is 12.4. The topological polar surface area (TPSA) is 78.5 Å². The number of likely N-dealkylation sites (N-methyl/N-ethyl adjacent to an activating group) is 1. The summed E-state index contributed by atoms with van der Waals surface area (Å²) in [5.41, 5.74) is 0. The fourth-order valence-electron chi connectivity index (χ4n) is 3.12. The molecule has 0 aromatic carbocycles. The lowest BCUT2D eigenvalue weighted by molar-refractivity contribution is -0.129. The second-order valence-corrected chi connectivity index (χ2v) is 7.00. The Bertz CT molecular complexity index is 395. The summed E-state index contributed by atoms with van der Waals surface area (Å²) in [6.07, 6.45) is 1.97. The van der Waals surface area contributed by atoms with Gasteiger partial charge in [-0.3, -0.25) is 14.5 Å². The van der Waals surface area contributed by atoms with Crippen molar-refractivity contribution in [3.8, 4) is 0 Å². The predicted molar refractivity (Wildman–Crippen MR) is 99.9 cm³/mol. The molecule has 0 rings (SSSR count). The highest BCUT2D eigenvalue weighted by atomic mass is 16.2. The van der Waals surface area contributed by atoms with E-state index in [-0.39, 0.29) is 42.4 Å². The molecule has 0 radical (unpaired) electrons. The van der Waals surface area contributed by atoms with Crippen LogP contribution in [0, 0.1) is 5.92 Å². The molecule has 0 spiro atoms. The van der Waals surface area contributed by atoms with E-state index in [0.717, 1.165) is 19.3 Å². The van der Waals surface area contributed by atoms with Crippen molar-refractivity contribution in [1.82, 2.24) is 15.5 Å². The summed E-state index contributed by atoms with van der Waals surface area (Å²) < 4.78 is 0. The first-order chi connectivity index (χ1) is 11.3. The average Bonchev–Trinajstić information content (AvgIpc) is 2.50. The molecule has 0 saturated heterocycles. The van der Waals surface area contributed by atoms with Crippen LogP contribution in [0.3, 0.4) is 0 Å². The zero-order valence-electron chi connectivity index (χ0n) is 16.1. The molecule has 138 valence electrons. The molecular formula is C17H34BN3O3. The number of hydrogen-bond acceptors (Lipinski definition) is 5. The quantitative estimate of drug-likeness (QED) is 0.377. The van der Waals surface area contributed by atoms with E-state index < -0.39 is 0 Å². The predicted octanol–water partition coefficient (Wildman–Crippen LogP) is 0.490. The summed E-state index contributed by atoms with van der Waals surface area (Å²) in [7, 11) is 6.26. The van der Waals surface area contributed by atoms with Crippen LogP contribution in [0.15, 0.2) is 0 Å². The third-order valence-electron chi connectivity index (χ3n) is 4.42. The average molecular weight is 339 g/mol. The standard InChI is InChI=1S/C17H34BN3O3/c1-7-13(10-19-4)18-14(8-9-22)15(23)11-20-17(24)16(12(2)3)21(5)6/h9,12-14,16,18-19H,7-8,10-11H2,1-6H3,(H,20,24). The second kappa shape index (κ2) is 12.2. The molecule has 0 fully saturated rings. The molecule has 0 bridgehead atoms. The minimum absolute atomic E-state index is 0.00954. The van der Waals surface area contributed by atoms with Crippen LogP contribution in [0.5, 0.6) is 0 Å². The Morgan fingerprint density at radius 3 is 2.29 bits per heavy atom. The van der Waals surface area contributed by atoms with Crippen LogP contribution in [-0.2, 0) is 14.4 Å². The van der Waals surface area contributed by atoms with Crippen LogP contribution >= 0.6 is 0 Å². The summed E-state index contributed by atoms with van der Waals surface area (Å²) >= 11 is 0. The molecule has 0 aromatic heterocycles. The van der Waals surface area contributed by atoms with E-state index >= 15 is 0 Å². The molecule has 3 atom stereocenters. The summed E-state index contributed by atoms with van der Waals surface area (Å²) in [6.45, 7) is 6.85. The van der Waals surface area contributed by atoms with Crippen molar-refractivity contribution in [3.05, 3.63) is 0 Å². The van der Waals surface area contributed by atoms with Gasteiger partial charge in [-0.15, -0.1) is 0 Å². The maximum Gasteiger partial charge on any atom is 0.237 e. The van der Waals surface area contributed by atoms with Crippen LogP contribution in [-0.4, -0.2) is 70.4 Å². The van der Waals surface area contributed by atoms with Crippen LogP contribution in [0.1, 0.15) is 33.6 Å². The number of rotatable bonds is 13. The third-order valence-corrected chi connectivity index (χ3v) is 4.42. The number of carbonyl (C=O) groups excluding carboxylic acids is 3. The van der Waals surface area contributed by atoms with Gasteiger partial charge in [0.05, 0.1) is 12.6 Å². The van der Waals surface area contributed by atoms with E-state index in [0.29, 0.717) is 13.1 Å². The number of amides is 1. The van der Waals surface area contributed by atoms with E-state index in [1.165, 1.54) is 0 Å². The Kier molecular flexibility index (Phi) is 11.6. The van der Waals surface area contributed by atoms with Gasteiger partial charge in [0, 0.05) is 12.2 Å². The highest BCUT2D eigenvalue weighted by Crippen LogP contribution is 2.19. The number of nitrogens with zero attached hydrogens (tertiary/aromatic N) is 1. The van der Waals surface area contributed by atoms with Crippen molar-refractivity contribution < 1.29 is 14.4 Å². The molecule has 0 saturated carbocycles. The molecule has 0 aliphatic carbocycles. The smallest absolute Gasteiger partial charge is 0.237 e. The van der Waals surface area contributed by atoms with Crippen molar-refractivity contribution in [1.29, 1.82) is 0 Å². The number of aldehydes is 1. The number of hydrogen-bond donors (Lipinski definition) is 2. The van der Waals surface area contributed by atoms with Crippen molar-refractivity contribution in [2.24, 2.45) is 5.92 Å². The highest BCUT2D eigenvalue weighted by molar-refractivity contribution is 6.46. The number of ketones is 1. The van der Waals surface area contributed by atoms with E-state index in [1.54, 1.807) is 0 Å². The highest BCUT2D eigenvalue weighted by Gasteiger charge is 2.27. The molecule has 1 amide bonds. The van der Waals surface area contributed by atoms with Crippen LogP contribution in [0.2, 0.25) is 11.6 Å². The lowest BCUT2D eigenvalue weighted by Crippen LogP contribution is -2.48. The Balaban J connectivity index is 4.71. The number of Topliss-reactive ketones (excluding diaryl/α,β-unsaturated/α-hetero) is 1. The van der Waals surface area contributed by atoms with Crippen LogP contribution < -0.4 is 10.6 Å². The molecule has 0 aromatic rings. The zero-order valence-corrected chi connectivity index (χ0v) is 16.1. The molecule has 6 nitrogen and oxygen atoms in total. The first-order valence-corrected chi connectivity index (χ1v) is 8.83. The number of nitrogens with one attached hydrogen (secondary N) is 2. The van der Waals surface area contributed by atoms with Gasteiger partial charge >= 0.3 is 0 Å². The molecule has 0 aliphatic heterocycles. The summed E-state index contributed by atoms with van der Waals surface area (Å²) in [5, 5.41) is 5.87. The van der Waals surface area contributed by atoms with E-state index in [1.807, 2.05) is 39.9 Å². The number of carbonyl (C=O) groups is 3. The third kappa shape index (κ3) is 8.06. The first kappa shape index (κ1) is 22.8. The molecule has 24 heavy (non-hydrogen) atoms. The second-order valence-electron chi connectivity index (χ2n) is 7.00. The zero-order chi connectivity index (χ0) is 18.7. The Morgan fingerprint density at radius 1 is 1.25 bits per heavy atom. The Labute approximate surface area is 147 Å². The lowest BCUT2D eigenvalue weighted by atomic mass is 9.52. The molecule has 3 unspecified atom stereocenters. The monoisotopic (exact) mass is 339 g/mol. The molecular weight excluding hydrogens is 305 g/mol. The van der Waals surface area contributed by atoms with Gasteiger partial charge < -0.3 is 15.4 Å². The van der Waals surface area contributed by atoms with Gasteiger partial charge in [-0.05, 0) is 33.6 Å². The fourth-order valence-corrected chi connectivity index (χ4v) is 3.12. The largest absolute Gasteiger partial charge is 0.348 e. The van der Waals surface area contributed by atoms with Gasteiger partial charge in [0.1, 0.15) is 19.3 Å². The Hall–Kier alpha value is -1.21. The maximum atomic E-state index is 12.4. The first-order valence-electron chi connectivity index (χ1n) is 8.83. The molecule has 0 aliphatic rings. The van der Waals surface area contributed by atoms with Crippen molar-refractivity contribution in [3.63, 3.8) is 0 Å². The Morgan fingerprint density at radius 2 is 1.88 bits per heavy atom. The molecule has 7 heteroatoms. The van der Waals surface area contributed by atoms with Gasteiger partial charge in [0.15, 0.2) is 0 Å². The van der Waals surface area contributed by atoms with Gasteiger partial charge in [-0.2, -0.15) is 0 Å². The van der Waals surface area contributed by atoms with Gasteiger partial charge in [-0.1, -0.05) is 33.0 Å². The van der Waals surface area contributed by atoms with Crippen molar-refractivity contribution in [2.45, 2.75) is 51.3 Å². The normalized spacial score (nSPS) is 15.0. The molecule has 0 heterocycles. The summed E-state index contributed by atoms with van der Waals surface area (Å²) in [6, 6.07) is -0.269. The van der Waals surface area contributed by atoms with Crippen LogP contribution in [0.4, 0.5) is 0 Å². The van der Waals surface area contributed by atoms with E-state index in [9.17, 15) is 14.4 Å². The minimum atomic E-state index is -0.321. The molecule has 2 N–H and O–H groups in total. The van der Waals surface area contributed by atoms with Gasteiger partial charge in [-0.25, -0.2) is 0 Å². The van der Waals surface area contributed by atoms with Gasteiger partial charge in [0.25, 0.3) is 0 Å².